The summed E-state index contributed by atoms with van der Waals surface area (Å²) in [6, 6.07) is 7.97. The molecule has 3 fully saturated rings. The van der Waals surface area contributed by atoms with Crippen LogP contribution in [0.5, 0.6) is 0 Å². The van der Waals surface area contributed by atoms with Crippen LogP contribution in [0.3, 0.4) is 0 Å². The second-order valence-electron chi connectivity index (χ2n) is 12.2. The highest BCUT2D eigenvalue weighted by Crippen LogP contribution is 2.36. The predicted octanol–water partition coefficient (Wildman–Crippen LogP) is 5.85. The molecule has 41 heavy (non-hydrogen) atoms. The normalized spacial score (nSPS) is 25.6. The van der Waals surface area contributed by atoms with Crippen molar-refractivity contribution >= 4 is 28.8 Å². The van der Waals surface area contributed by atoms with Gasteiger partial charge in [-0.2, -0.15) is 0 Å². The molecular formula is C32H40N4O5. The number of benzene rings is 1. The van der Waals surface area contributed by atoms with E-state index in [1.165, 1.54) is 19.3 Å². The first-order valence-electron chi connectivity index (χ1n) is 15.4. The number of nitrogens with one attached hydrogen (secondary N) is 2. The molecule has 0 radical (unpaired) electrons. The van der Waals surface area contributed by atoms with E-state index in [2.05, 4.69) is 15.2 Å². The number of hydrogen-bond acceptors (Lipinski definition) is 5. The Balaban J connectivity index is 1.14. The lowest BCUT2D eigenvalue weighted by molar-refractivity contribution is -0.149. The van der Waals surface area contributed by atoms with Gasteiger partial charge in [0, 0.05) is 23.7 Å². The molecule has 4 atom stereocenters. The van der Waals surface area contributed by atoms with Gasteiger partial charge in [0.25, 0.3) is 5.91 Å². The number of aromatic nitrogens is 2. The van der Waals surface area contributed by atoms with Gasteiger partial charge in [-0.1, -0.05) is 32.1 Å². The van der Waals surface area contributed by atoms with Crippen molar-refractivity contribution in [3.8, 4) is 11.4 Å². The predicted molar refractivity (Wildman–Crippen MR) is 154 cm³/mol. The van der Waals surface area contributed by atoms with E-state index in [0.717, 1.165) is 67.4 Å². The van der Waals surface area contributed by atoms with Crippen molar-refractivity contribution < 1.29 is 23.9 Å². The lowest BCUT2D eigenvalue weighted by Gasteiger charge is -2.33. The Kier molecular flexibility index (Phi) is 8.12. The van der Waals surface area contributed by atoms with Crippen LogP contribution < -0.4 is 10.6 Å². The lowest BCUT2D eigenvalue weighted by atomic mass is 9.78. The number of fused-ring (bicyclic) bond motifs is 1. The maximum absolute atomic E-state index is 13.4. The summed E-state index contributed by atoms with van der Waals surface area (Å²) in [5, 5.41) is 15.9. The topological polar surface area (TPSA) is 126 Å². The van der Waals surface area contributed by atoms with Crippen LogP contribution in [0, 0.1) is 11.8 Å². The van der Waals surface area contributed by atoms with Gasteiger partial charge in [0.05, 0.1) is 34.7 Å². The Labute approximate surface area is 240 Å². The average molecular weight is 561 g/mol. The zero-order chi connectivity index (χ0) is 28.3. The SMILES string of the molecule is O=C(NC1CCCC(NC(=O)[C@@H]2CCCC[C@@H]2C(=O)O)C1)c1ccc2c(c1)nc(-c1ccoc1)n2C1CCCCC1. The molecule has 2 aromatic heterocycles. The van der Waals surface area contributed by atoms with Crippen LogP contribution in [-0.2, 0) is 9.59 Å². The third kappa shape index (κ3) is 5.90. The molecule has 1 aromatic carbocycles. The highest BCUT2D eigenvalue weighted by atomic mass is 16.4. The van der Waals surface area contributed by atoms with Gasteiger partial charge in [0.2, 0.25) is 5.91 Å². The second kappa shape index (κ2) is 12.1. The van der Waals surface area contributed by atoms with Crippen molar-refractivity contribution in [1.29, 1.82) is 0 Å². The van der Waals surface area contributed by atoms with E-state index < -0.39 is 17.8 Å². The molecule has 2 heterocycles. The van der Waals surface area contributed by atoms with Gasteiger partial charge >= 0.3 is 5.97 Å². The number of nitrogens with zero attached hydrogens (tertiary/aromatic N) is 2. The summed E-state index contributed by atoms with van der Waals surface area (Å²) in [6.45, 7) is 0. The maximum Gasteiger partial charge on any atom is 0.307 e. The number of aliphatic carboxylic acids is 1. The van der Waals surface area contributed by atoms with Gasteiger partial charge in [0.15, 0.2) is 0 Å². The monoisotopic (exact) mass is 560 g/mol. The molecule has 3 aromatic rings. The van der Waals surface area contributed by atoms with Crippen molar-refractivity contribution in [3.05, 3.63) is 42.4 Å². The fourth-order valence-corrected chi connectivity index (χ4v) is 7.31. The van der Waals surface area contributed by atoms with E-state index >= 15 is 0 Å². The summed E-state index contributed by atoms with van der Waals surface area (Å²) in [6.07, 6.45) is 15.5. The first kappa shape index (κ1) is 27.5. The molecule has 6 rings (SSSR count). The Morgan fingerprint density at radius 3 is 2.32 bits per heavy atom. The molecule has 3 aliphatic carbocycles. The molecule has 218 valence electrons. The molecule has 0 aliphatic heterocycles. The maximum atomic E-state index is 13.4. The second-order valence-corrected chi connectivity index (χ2v) is 12.2. The van der Waals surface area contributed by atoms with Crippen LogP contribution in [-0.4, -0.2) is 44.5 Å². The van der Waals surface area contributed by atoms with E-state index in [9.17, 15) is 19.5 Å². The fourth-order valence-electron chi connectivity index (χ4n) is 7.31. The van der Waals surface area contributed by atoms with E-state index in [-0.39, 0.29) is 23.9 Å². The number of amides is 2. The van der Waals surface area contributed by atoms with Gasteiger partial charge in [0.1, 0.15) is 12.1 Å². The number of carbonyl (C=O) groups excluding carboxylic acids is 2. The number of rotatable bonds is 7. The molecule has 3 N–H and O–H groups in total. The van der Waals surface area contributed by atoms with Crippen molar-refractivity contribution in [2.75, 3.05) is 0 Å². The number of carbonyl (C=O) groups is 3. The van der Waals surface area contributed by atoms with Crippen LogP contribution in [0.1, 0.15) is 99.9 Å². The van der Waals surface area contributed by atoms with Gasteiger partial charge in [-0.15, -0.1) is 0 Å². The number of hydrogen-bond donors (Lipinski definition) is 3. The van der Waals surface area contributed by atoms with E-state index in [1.807, 2.05) is 24.3 Å². The summed E-state index contributed by atoms with van der Waals surface area (Å²) < 4.78 is 7.70. The molecule has 2 unspecified atom stereocenters. The first-order valence-corrected chi connectivity index (χ1v) is 15.4. The molecular weight excluding hydrogens is 520 g/mol. The fraction of sp³-hybridized carbons (Fsp3) is 0.562. The Morgan fingerprint density at radius 1 is 0.854 bits per heavy atom. The average Bonchev–Trinajstić information content (AvgIpc) is 3.66. The van der Waals surface area contributed by atoms with Crippen molar-refractivity contribution in [1.82, 2.24) is 20.2 Å². The van der Waals surface area contributed by atoms with Crippen LogP contribution in [0.15, 0.2) is 41.2 Å². The molecule has 9 nitrogen and oxygen atoms in total. The highest BCUT2D eigenvalue weighted by Gasteiger charge is 2.37. The van der Waals surface area contributed by atoms with E-state index in [4.69, 9.17) is 9.40 Å². The van der Waals surface area contributed by atoms with Crippen LogP contribution in [0.25, 0.3) is 22.4 Å². The van der Waals surface area contributed by atoms with Gasteiger partial charge in [-0.05, 0) is 75.6 Å². The number of furan rings is 1. The van der Waals surface area contributed by atoms with Crippen molar-refractivity contribution in [3.63, 3.8) is 0 Å². The molecule has 3 aliphatic rings. The van der Waals surface area contributed by atoms with Crippen molar-refractivity contribution in [2.45, 2.75) is 102 Å². The summed E-state index contributed by atoms with van der Waals surface area (Å²) in [7, 11) is 0. The van der Waals surface area contributed by atoms with Gasteiger partial charge < -0.3 is 24.7 Å². The Bertz CT molecular complexity index is 1390. The Morgan fingerprint density at radius 2 is 1.59 bits per heavy atom. The number of imidazole rings is 1. The highest BCUT2D eigenvalue weighted by molar-refractivity contribution is 5.98. The van der Waals surface area contributed by atoms with Crippen LogP contribution >= 0.6 is 0 Å². The van der Waals surface area contributed by atoms with E-state index in [0.29, 0.717) is 30.9 Å². The molecule has 0 spiro atoms. The summed E-state index contributed by atoms with van der Waals surface area (Å²) in [4.78, 5) is 43.0. The smallest absolute Gasteiger partial charge is 0.307 e. The molecule has 9 heteroatoms. The van der Waals surface area contributed by atoms with Crippen LogP contribution in [0.2, 0.25) is 0 Å². The third-order valence-corrected chi connectivity index (χ3v) is 9.45. The zero-order valence-corrected chi connectivity index (χ0v) is 23.5. The first-order chi connectivity index (χ1) is 20.0. The quantitative estimate of drug-likeness (QED) is 0.333. The molecule has 3 saturated carbocycles. The summed E-state index contributed by atoms with van der Waals surface area (Å²) >= 11 is 0. The molecule has 2 amide bonds. The largest absolute Gasteiger partial charge is 0.481 e. The molecule has 0 saturated heterocycles. The molecule has 0 bridgehead atoms. The van der Waals surface area contributed by atoms with Gasteiger partial charge in [-0.25, -0.2) is 4.98 Å². The minimum absolute atomic E-state index is 0.0554. The number of carboxylic acid groups (broad SMARTS) is 1. The standard InChI is InChI=1S/C32H40N4O5/c37-30(33-22-7-6-8-23(18-22)34-31(38)25-11-4-5-12-26(25)32(39)40)20-13-14-28-27(17-20)35-29(21-15-16-41-19-21)36(28)24-9-2-1-3-10-24/h13-17,19,22-26H,1-12,18H2,(H,33,37)(H,34,38)(H,39,40)/t22?,23?,25-,26+/m1/s1. The third-order valence-electron chi connectivity index (χ3n) is 9.45. The minimum Gasteiger partial charge on any atom is -0.481 e. The number of carboxylic acids is 1. The van der Waals surface area contributed by atoms with Crippen LogP contribution in [0.4, 0.5) is 0 Å². The van der Waals surface area contributed by atoms with Crippen molar-refractivity contribution in [2.24, 2.45) is 11.8 Å². The van der Waals surface area contributed by atoms with Gasteiger partial charge in [-0.3, -0.25) is 14.4 Å². The minimum atomic E-state index is -0.879. The summed E-state index contributed by atoms with van der Waals surface area (Å²) in [5.41, 5.74) is 3.35. The summed E-state index contributed by atoms with van der Waals surface area (Å²) in [5.74, 6) is -1.36. The Hall–Kier alpha value is -3.62. The lowest BCUT2D eigenvalue weighted by Crippen LogP contribution is -2.49. The zero-order valence-electron chi connectivity index (χ0n) is 23.5. The van der Waals surface area contributed by atoms with E-state index in [1.54, 1.807) is 12.5 Å².